The molecule has 0 heterocycles. The monoisotopic (exact) mass is 322 g/mol. The van der Waals surface area contributed by atoms with Gasteiger partial charge in [0.05, 0.1) is 0 Å². The standard InChI is InChI=1S/C18H34N4O/c1-6-11-19-17(20-13-16(23)22(4)5)21-14-18(12-15(2)3)9-7-8-10-18/h6,15H,1,7-14H2,2-5H3,(H2,19,20,21). The SMILES string of the molecule is C=CCNC(=NCC(=O)N(C)C)NCC1(CC(C)C)CCCC1. The van der Waals surface area contributed by atoms with Crippen LogP contribution in [0.1, 0.15) is 46.0 Å². The van der Waals surface area contributed by atoms with Gasteiger partial charge in [-0.25, -0.2) is 4.99 Å². The van der Waals surface area contributed by atoms with Gasteiger partial charge in [-0.1, -0.05) is 32.8 Å². The quantitative estimate of drug-likeness (QED) is 0.410. The molecule has 0 bridgehead atoms. The predicted molar refractivity (Wildman–Crippen MR) is 97.6 cm³/mol. The molecule has 0 atom stereocenters. The highest BCUT2D eigenvalue weighted by Crippen LogP contribution is 2.42. The van der Waals surface area contributed by atoms with Gasteiger partial charge in [0.1, 0.15) is 6.54 Å². The molecule has 132 valence electrons. The van der Waals surface area contributed by atoms with Crippen molar-refractivity contribution in [2.45, 2.75) is 46.0 Å². The van der Waals surface area contributed by atoms with Crippen LogP contribution in [0.25, 0.3) is 0 Å². The Morgan fingerprint density at radius 1 is 1.30 bits per heavy atom. The van der Waals surface area contributed by atoms with Gasteiger partial charge in [0.15, 0.2) is 5.96 Å². The molecule has 1 aliphatic rings. The Morgan fingerprint density at radius 3 is 2.48 bits per heavy atom. The van der Waals surface area contributed by atoms with Gasteiger partial charge < -0.3 is 15.5 Å². The van der Waals surface area contributed by atoms with E-state index in [1.54, 1.807) is 25.1 Å². The van der Waals surface area contributed by atoms with Gasteiger partial charge in [0, 0.05) is 27.2 Å². The van der Waals surface area contributed by atoms with Gasteiger partial charge in [-0.15, -0.1) is 6.58 Å². The first-order valence-electron chi connectivity index (χ1n) is 8.72. The molecule has 1 fully saturated rings. The number of likely N-dealkylation sites (N-methyl/N-ethyl adjacent to an activating group) is 1. The Morgan fingerprint density at radius 2 is 1.96 bits per heavy atom. The summed E-state index contributed by atoms with van der Waals surface area (Å²) in [6, 6.07) is 0. The third-order valence-corrected chi connectivity index (χ3v) is 4.42. The minimum absolute atomic E-state index is 0.00228. The lowest BCUT2D eigenvalue weighted by molar-refractivity contribution is -0.127. The highest BCUT2D eigenvalue weighted by atomic mass is 16.2. The molecular formula is C18H34N4O. The fraction of sp³-hybridized carbons (Fsp3) is 0.778. The molecule has 1 saturated carbocycles. The van der Waals surface area contributed by atoms with E-state index in [0.29, 0.717) is 23.8 Å². The van der Waals surface area contributed by atoms with E-state index in [9.17, 15) is 4.79 Å². The second kappa shape index (κ2) is 9.58. The average Bonchev–Trinajstić information content (AvgIpc) is 2.93. The van der Waals surface area contributed by atoms with Crippen molar-refractivity contribution in [1.82, 2.24) is 15.5 Å². The molecule has 0 aromatic carbocycles. The third kappa shape index (κ3) is 7.06. The molecule has 2 N–H and O–H groups in total. The Bertz CT molecular complexity index is 409. The van der Waals surface area contributed by atoms with Crippen LogP contribution in [0, 0.1) is 11.3 Å². The van der Waals surface area contributed by atoms with Crippen molar-refractivity contribution in [3.8, 4) is 0 Å². The molecule has 5 nitrogen and oxygen atoms in total. The number of guanidine groups is 1. The Kier molecular flexibility index (Phi) is 8.13. The van der Waals surface area contributed by atoms with Crippen LogP contribution < -0.4 is 10.6 Å². The Balaban J connectivity index is 2.66. The molecule has 1 amide bonds. The van der Waals surface area contributed by atoms with Crippen molar-refractivity contribution in [3.63, 3.8) is 0 Å². The zero-order valence-corrected chi connectivity index (χ0v) is 15.3. The third-order valence-electron chi connectivity index (χ3n) is 4.42. The number of nitrogens with zero attached hydrogens (tertiary/aromatic N) is 2. The first-order valence-corrected chi connectivity index (χ1v) is 8.72. The predicted octanol–water partition coefficient (Wildman–Crippen LogP) is 2.40. The maximum atomic E-state index is 11.7. The molecular weight excluding hydrogens is 288 g/mol. The van der Waals surface area contributed by atoms with Gasteiger partial charge in [-0.2, -0.15) is 0 Å². The summed E-state index contributed by atoms with van der Waals surface area (Å²) >= 11 is 0. The molecule has 0 aliphatic heterocycles. The molecule has 1 rings (SSSR count). The molecule has 0 saturated heterocycles. The van der Waals surface area contributed by atoms with Crippen LogP contribution in [0.2, 0.25) is 0 Å². The Labute approximate surface area is 141 Å². The number of carbonyl (C=O) groups excluding carboxylic acids is 1. The minimum Gasteiger partial charge on any atom is -0.356 e. The van der Waals surface area contributed by atoms with Crippen LogP contribution in [-0.2, 0) is 4.79 Å². The van der Waals surface area contributed by atoms with Crippen LogP contribution in [0.5, 0.6) is 0 Å². The Hall–Kier alpha value is -1.52. The van der Waals surface area contributed by atoms with E-state index in [1.165, 1.54) is 32.1 Å². The number of nitrogens with one attached hydrogen (secondary N) is 2. The van der Waals surface area contributed by atoms with Crippen LogP contribution in [0.4, 0.5) is 0 Å². The second-order valence-electron chi connectivity index (χ2n) is 7.28. The summed E-state index contributed by atoms with van der Waals surface area (Å²) in [5.74, 6) is 1.41. The lowest BCUT2D eigenvalue weighted by Gasteiger charge is -2.32. The lowest BCUT2D eigenvalue weighted by Crippen LogP contribution is -2.44. The lowest BCUT2D eigenvalue weighted by atomic mass is 9.78. The van der Waals surface area contributed by atoms with Gasteiger partial charge in [0.25, 0.3) is 0 Å². The van der Waals surface area contributed by atoms with Crippen molar-refractivity contribution in [2.24, 2.45) is 16.3 Å². The van der Waals surface area contributed by atoms with E-state index in [2.05, 4.69) is 36.1 Å². The number of rotatable bonds is 8. The first-order chi connectivity index (χ1) is 10.9. The molecule has 1 aliphatic carbocycles. The summed E-state index contributed by atoms with van der Waals surface area (Å²) in [6.45, 7) is 10.0. The van der Waals surface area contributed by atoms with E-state index < -0.39 is 0 Å². The summed E-state index contributed by atoms with van der Waals surface area (Å²) < 4.78 is 0. The zero-order chi connectivity index (χ0) is 17.3. The maximum absolute atomic E-state index is 11.7. The summed E-state index contributed by atoms with van der Waals surface area (Å²) in [5.41, 5.74) is 0.371. The normalized spacial score (nSPS) is 17.2. The molecule has 0 spiro atoms. The van der Waals surface area contributed by atoms with Gasteiger partial charge in [-0.05, 0) is 30.6 Å². The fourth-order valence-electron chi connectivity index (χ4n) is 3.35. The van der Waals surface area contributed by atoms with Crippen LogP contribution >= 0.6 is 0 Å². The molecule has 0 aromatic heterocycles. The van der Waals surface area contributed by atoms with Crippen molar-refractivity contribution in [3.05, 3.63) is 12.7 Å². The fourth-order valence-corrected chi connectivity index (χ4v) is 3.35. The molecule has 23 heavy (non-hydrogen) atoms. The number of aliphatic imine (C=N–C) groups is 1. The zero-order valence-electron chi connectivity index (χ0n) is 15.3. The number of hydrogen-bond donors (Lipinski definition) is 2. The van der Waals surface area contributed by atoms with E-state index in [1.807, 2.05) is 0 Å². The van der Waals surface area contributed by atoms with Crippen molar-refractivity contribution < 1.29 is 4.79 Å². The number of amides is 1. The molecule has 5 heteroatoms. The maximum Gasteiger partial charge on any atom is 0.243 e. The van der Waals surface area contributed by atoms with Crippen molar-refractivity contribution in [1.29, 1.82) is 0 Å². The smallest absolute Gasteiger partial charge is 0.243 e. The van der Waals surface area contributed by atoms with E-state index >= 15 is 0 Å². The molecule has 0 aromatic rings. The molecule has 0 radical (unpaired) electrons. The average molecular weight is 322 g/mol. The van der Waals surface area contributed by atoms with E-state index in [-0.39, 0.29) is 12.5 Å². The first kappa shape index (κ1) is 19.5. The van der Waals surface area contributed by atoms with Crippen molar-refractivity contribution >= 4 is 11.9 Å². The summed E-state index contributed by atoms with van der Waals surface area (Å²) in [6.07, 6.45) is 8.24. The summed E-state index contributed by atoms with van der Waals surface area (Å²) in [7, 11) is 3.50. The minimum atomic E-state index is 0.00228. The topological polar surface area (TPSA) is 56.7 Å². The van der Waals surface area contributed by atoms with Gasteiger partial charge in [-0.3, -0.25) is 4.79 Å². The largest absolute Gasteiger partial charge is 0.356 e. The van der Waals surface area contributed by atoms with Crippen molar-refractivity contribution in [2.75, 3.05) is 33.7 Å². The number of carbonyl (C=O) groups is 1. The second-order valence-corrected chi connectivity index (χ2v) is 7.28. The van der Waals surface area contributed by atoms with Crippen LogP contribution in [0.3, 0.4) is 0 Å². The summed E-state index contributed by atoms with van der Waals surface area (Å²) in [4.78, 5) is 17.7. The highest BCUT2D eigenvalue weighted by molar-refractivity contribution is 5.84. The molecule has 0 unspecified atom stereocenters. The van der Waals surface area contributed by atoms with E-state index in [4.69, 9.17) is 0 Å². The number of hydrogen-bond acceptors (Lipinski definition) is 2. The summed E-state index contributed by atoms with van der Waals surface area (Å²) in [5, 5.41) is 6.67. The van der Waals surface area contributed by atoms with E-state index in [0.717, 1.165) is 6.54 Å². The van der Waals surface area contributed by atoms with Crippen LogP contribution in [0.15, 0.2) is 17.6 Å². The van der Waals surface area contributed by atoms with Gasteiger partial charge >= 0.3 is 0 Å². The van der Waals surface area contributed by atoms with Gasteiger partial charge in [0.2, 0.25) is 5.91 Å². The highest BCUT2D eigenvalue weighted by Gasteiger charge is 2.34. The van der Waals surface area contributed by atoms with Crippen LogP contribution in [-0.4, -0.2) is 50.5 Å².